The van der Waals surface area contributed by atoms with Gasteiger partial charge in [-0.2, -0.15) is 0 Å². The molecule has 0 radical (unpaired) electrons. The normalized spacial score (nSPS) is 14.4. The van der Waals surface area contributed by atoms with Crippen LogP contribution in [0.3, 0.4) is 0 Å². The van der Waals surface area contributed by atoms with Crippen molar-refractivity contribution in [2.24, 2.45) is 0 Å². The number of aromatic nitrogens is 2. The SMILES string of the molecule is Nc1ncc(Br)cc1C(=O)Nc1nc(C2CC2)cs1. The number of anilines is 2. The molecule has 2 heterocycles. The monoisotopic (exact) mass is 338 g/mol. The summed E-state index contributed by atoms with van der Waals surface area (Å²) in [5, 5.41) is 5.36. The first-order valence-corrected chi connectivity index (χ1v) is 7.48. The molecule has 7 heteroatoms. The summed E-state index contributed by atoms with van der Waals surface area (Å²) in [6.07, 6.45) is 3.94. The number of rotatable bonds is 3. The lowest BCUT2D eigenvalue weighted by molar-refractivity contribution is 0.102. The van der Waals surface area contributed by atoms with Gasteiger partial charge in [0.25, 0.3) is 5.91 Å². The van der Waals surface area contributed by atoms with Gasteiger partial charge in [-0.15, -0.1) is 11.3 Å². The molecule has 0 atom stereocenters. The average Bonchev–Trinajstić information content (AvgIpc) is 3.13. The maximum absolute atomic E-state index is 12.1. The fourth-order valence-corrected chi connectivity index (χ4v) is 2.82. The molecule has 1 aliphatic rings. The first-order valence-electron chi connectivity index (χ1n) is 5.81. The molecule has 98 valence electrons. The molecule has 0 saturated heterocycles. The Kier molecular flexibility index (Phi) is 3.24. The van der Waals surface area contributed by atoms with Crippen molar-refractivity contribution in [2.45, 2.75) is 18.8 Å². The molecule has 0 aromatic carbocycles. The molecule has 0 aliphatic heterocycles. The number of nitrogens with one attached hydrogen (secondary N) is 1. The van der Waals surface area contributed by atoms with E-state index in [2.05, 4.69) is 31.2 Å². The highest BCUT2D eigenvalue weighted by molar-refractivity contribution is 9.10. The lowest BCUT2D eigenvalue weighted by Gasteiger charge is -2.04. The maximum atomic E-state index is 12.1. The summed E-state index contributed by atoms with van der Waals surface area (Å²) in [6, 6.07) is 1.65. The summed E-state index contributed by atoms with van der Waals surface area (Å²) in [7, 11) is 0. The zero-order chi connectivity index (χ0) is 13.4. The van der Waals surface area contributed by atoms with Crippen molar-refractivity contribution < 1.29 is 4.79 Å². The number of amides is 1. The van der Waals surface area contributed by atoms with Gasteiger partial charge in [0.2, 0.25) is 0 Å². The highest BCUT2D eigenvalue weighted by Gasteiger charge is 2.26. The number of carbonyl (C=O) groups excluding carboxylic acids is 1. The van der Waals surface area contributed by atoms with Crippen LogP contribution in [0.25, 0.3) is 0 Å². The van der Waals surface area contributed by atoms with Crippen molar-refractivity contribution in [1.29, 1.82) is 0 Å². The summed E-state index contributed by atoms with van der Waals surface area (Å²) in [5.74, 6) is 0.502. The Hall–Kier alpha value is -1.47. The number of hydrogen-bond donors (Lipinski definition) is 2. The summed E-state index contributed by atoms with van der Waals surface area (Å²) in [4.78, 5) is 20.4. The molecule has 19 heavy (non-hydrogen) atoms. The van der Waals surface area contributed by atoms with Gasteiger partial charge in [0.1, 0.15) is 5.82 Å². The number of halogens is 1. The van der Waals surface area contributed by atoms with Crippen LogP contribution in [0.15, 0.2) is 22.1 Å². The lowest BCUT2D eigenvalue weighted by Crippen LogP contribution is -2.14. The number of nitrogens with two attached hydrogens (primary N) is 1. The molecule has 3 rings (SSSR count). The van der Waals surface area contributed by atoms with E-state index >= 15 is 0 Å². The fraction of sp³-hybridized carbons (Fsp3) is 0.250. The van der Waals surface area contributed by atoms with Crippen molar-refractivity contribution in [3.63, 3.8) is 0 Å². The molecule has 1 fully saturated rings. The zero-order valence-corrected chi connectivity index (χ0v) is 12.3. The second-order valence-corrected chi connectivity index (χ2v) is 6.17. The van der Waals surface area contributed by atoms with Gasteiger partial charge in [0, 0.05) is 22.0 Å². The topological polar surface area (TPSA) is 80.9 Å². The first-order chi connectivity index (χ1) is 9.13. The van der Waals surface area contributed by atoms with Gasteiger partial charge < -0.3 is 5.73 Å². The van der Waals surface area contributed by atoms with Gasteiger partial charge >= 0.3 is 0 Å². The number of pyridine rings is 1. The van der Waals surface area contributed by atoms with Crippen molar-refractivity contribution in [3.8, 4) is 0 Å². The van der Waals surface area contributed by atoms with E-state index in [-0.39, 0.29) is 11.7 Å². The van der Waals surface area contributed by atoms with Gasteiger partial charge in [-0.1, -0.05) is 0 Å². The van der Waals surface area contributed by atoms with E-state index in [9.17, 15) is 4.79 Å². The highest BCUT2D eigenvalue weighted by Crippen LogP contribution is 2.40. The third-order valence-corrected chi connectivity index (χ3v) is 4.08. The Bertz CT molecular complexity index is 638. The molecule has 0 bridgehead atoms. The molecule has 0 unspecified atom stereocenters. The van der Waals surface area contributed by atoms with Gasteiger partial charge in [-0.05, 0) is 34.8 Å². The molecule has 1 aliphatic carbocycles. The van der Waals surface area contributed by atoms with Crippen LogP contribution in [0.5, 0.6) is 0 Å². The van der Waals surface area contributed by atoms with Gasteiger partial charge in [0.15, 0.2) is 5.13 Å². The van der Waals surface area contributed by atoms with E-state index < -0.39 is 0 Å². The van der Waals surface area contributed by atoms with E-state index in [1.165, 1.54) is 24.2 Å². The number of nitrogens with zero attached hydrogens (tertiary/aromatic N) is 2. The van der Waals surface area contributed by atoms with Crippen LogP contribution in [0, 0.1) is 0 Å². The fourth-order valence-electron chi connectivity index (χ4n) is 1.71. The summed E-state index contributed by atoms with van der Waals surface area (Å²) < 4.78 is 0.713. The van der Waals surface area contributed by atoms with Crippen LogP contribution in [0.1, 0.15) is 34.8 Å². The Balaban J connectivity index is 1.77. The number of hydrogen-bond acceptors (Lipinski definition) is 5. The molecule has 2 aromatic rings. The smallest absolute Gasteiger partial charge is 0.261 e. The van der Waals surface area contributed by atoms with Crippen molar-refractivity contribution in [1.82, 2.24) is 9.97 Å². The van der Waals surface area contributed by atoms with Crippen LogP contribution >= 0.6 is 27.3 Å². The van der Waals surface area contributed by atoms with Crippen LogP contribution in [-0.4, -0.2) is 15.9 Å². The highest BCUT2D eigenvalue weighted by atomic mass is 79.9. The Morgan fingerprint density at radius 3 is 3.05 bits per heavy atom. The second-order valence-electron chi connectivity index (χ2n) is 4.39. The molecular weight excluding hydrogens is 328 g/mol. The Morgan fingerprint density at radius 2 is 2.32 bits per heavy atom. The predicted molar refractivity (Wildman–Crippen MR) is 78.4 cm³/mol. The molecule has 1 amide bonds. The van der Waals surface area contributed by atoms with Crippen LogP contribution < -0.4 is 11.1 Å². The molecule has 1 saturated carbocycles. The van der Waals surface area contributed by atoms with Gasteiger partial charge in [-0.25, -0.2) is 9.97 Å². The molecule has 2 aromatic heterocycles. The zero-order valence-electron chi connectivity index (χ0n) is 9.89. The third kappa shape index (κ3) is 2.76. The van der Waals surface area contributed by atoms with E-state index in [1.807, 2.05) is 5.38 Å². The number of nitrogen functional groups attached to an aromatic ring is 1. The van der Waals surface area contributed by atoms with Crippen molar-refractivity contribution in [2.75, 3.05) is 11.1 Å². The van der Waals surface area contributed by atoms with Crippen LogP contribution in [0.4, 0.5) is 10.9 Å². The van der Waals surface area contributed by atoms with Gasteiger partial charge in [-0.3, -0.25) is 10.1 Å². The van der Waals surface area contributed by atoms with Crippen LogP contribution in [0.2, 0.25) is 0 Å². The molecule has 5 nitrogen and oxygen atoms in total. The molecular formula is C12H11BrN4OS. The minimum absolute atomic E-state index is 0.208. The summed E-state index contributed by atoms with van der Waals surface area (Å²) >= 11 is 4.71. The minimum Gasteiger partial charge on any atom is -0.383 e. The summed E-state index contributed by atoms with van der Waals surface area (Å²) in [5.41, 5.74) is 7.11. The van der Waals surface area contributed by atoms with E-state index in [0.29, 0.717) is 21.1 Å². The van der Waals surface area contributed by atoms with Gasteiger partial charge in [0.05, 0.1) is 11.3 Å². The standard InChI is InChI=1S/C12H11BrN4OS/c13-7-3-8(10(14)15-4-7)11(18)17-12-16-9(5-19-12)6-1-2-6/h3-6H,1-2H2,(H2,14,15)(H,16,17,18). The first kappa shape index (κ1) is 12.6. The van der Waals surface area contributed by atoms with E-state index in [4.69, 9.17) is 5.73 Å². The average molecular weight is 339 g/mol. The number of thiazole rings is 1. The van der Waals surface area contributed by atoms with E-state index in [1.54, 1.807) is 12.3 Å². The van der Waals surface area contributed by atoms with Crippen LogP contribution in [-0.2, 0) is 0 Å². The van der Waals surface area contributed by atoms with E-state index in [0.717, 1.165) is 5.69 Å². The largest absolute Gasteiger partial charge is 0.383 e. The Morgan fingerprint density at radius 1 is 1.53 bits per heavy atom. The quantitative estimate of drug-likeness (QED) is 0.901. The molecule has 0 spiro atoms. The maximum Gasteiger partial charge on any atom is 0.261 e. The second kappa shape index (κ2) is 4.90. The summed E-state index contributed by atoms with van der Waals surface area (Å²) in [6.45, 7) is 0. The minimum atomic E-state index is -0.289. The number of carbonyl (C=O) groups is 1. The molecule has 3 N–H and O–H groups in total. The predicted octanol–water partition coefficient (Wildman–Crippen LogP) is 3.01. The van der Waals surface area contributed by atoms with Crippen molar-refractivity contribution >= 4 is 44.1 Å². The van der Waals surface area contributed by atoms with Crippen molar-refractivity contribution in [3.05, 3.63) is 33.4 Å². The third-order valence-electron chi connectivity index (χ3n) is 2.87. The Labute approximate surface area is 122 Å². The lowest BCUT2D eigenvalue weighted by atomic mass is 10.2.